The van der Waals surface area contributed by atoms with Crippen molar-refractivity contribution >= 4 is 26.0 Å². The maximum Gasteiger partial charge on any atom is 0.450 e. The molecule has 0 aromatic rings. The standard InChI is InChI=1S/C3H3BrF4O3S/c1-11-12(9,10)2(4,5)3(6,7)8/h1H3. The Balaban J connectivity index is 5.14. The van der Waals surface area contributed by atoms with E-state index < -0.39 is 20.2 Å². The maximum absolute atomic E-state index is 12.5. The Morgan fingerprint density at radius 3 is 1.67 bits per heavy atom. The summed E-state index contributed by atoms with van der Waals surface area (Å²) in [7, 11) is -4.90. The number of hydrogen-bond donors (Lipinski definition) is 0. The van der Waals surface area contributed by atoms with Gasteiger partial charge in [-0.05, 0) is 15.9 Å². The Morgan fingerprint density at radius 1 is 1.25 bits per heavy atom. The van der Waals surface area contributed by atoms with Gasteiger partial charge in [-0.25, -0.2) is 4.39 Å². The third-order valence-electron chi connectivity index (χ3n) is 0.863. The van der Waals surface area contributed by atoms with Crippen LogP contribution in [0.3, 0.4) is 0 Å². The summed E-state index contributed by atoms with van der Waals surface area (Å²) >= 11 is 1.38. The summed E-state index contributed by atoms with van der Waals surface area (Å²) in [6, 6.07) is 0. The zero-order valence-electron chi connectivity index (χ0n) is 5.52. The summed E-state index contributed by atoms with van der Waals surface area (Å²) in [5, 5.41) is 0. The van der Waals surface area contributed by atoms with E-state index in [0.29, 0.717) is 7.11 Å². The second-order valence-corrected chi connectivity index (χ2v) is 5.06. The van der Waals surface area contributed by atoms with Crippen molar-refractivity contribution < 1.29 is 30.2 Å². The molecule has 0 amide bonds. The molecular formula is C3H3BrF4O3S. The lowest BCUT2D eigenvalue weighted by molar-refractivity contribution is -0.167. The highest BCUT2D eigenvalue weighted by molar-refractivity contribution is 9.11. The van der Waals surface area contributed by atoms with Gasteiger partial charge < -0.3 is 0 Å². The first-order valence-corrected chi connectivity index (χ1v) is 4.51. The van der Waals surface area contributed by atoms with Crippen LogP contribution in [-0.4, -0.2) is 25.6 Å². The zero-order chi connectivity index (χ0) is 10.2. The molecule has 0 radical (unpaired) electrons. The molecule has 0 heterocycles. The number of rotatable bonds is 2. The molecule has 12 heavy (non-hydrogen) atoms. The molecule has 74 valence electrons. The molecule has 9 heteroatoms. The van der Waals surface area contributed by atoms with E-state index in [1.807, 2.05) is 0 Å². The number of halogens is 5. The van der Waals surface area contributed by atoms with Crippen molar-refractivity contribution in [2.45, 2.75) is 10.1 Å². The van der Waals surface area contributed by atoms with E-state index in [-0.39, 0.29) is 0 Å². The van der Waals surface area contributed by atoms with Crippen LogP contribution in [0, 0.1) is 0 Å². The Labute approximate surface area is 73.9 Å². The predicted octanol–water partition coefficient (Wildman–Crippen LogP) is 1.54. The van der Waals surface area contributed by atoms with Crippen LogP contribution in [0.1, 0.15) is 0 Å². The van der Waals surface area contributed by atoms with Crippen molar-refractivity contribution in [2.75, 3.05) is 7.11 Å². The Hall–Kier alpha value is 0.110. The summed E-state index contributed by atoms with van der Waals surface area (Å²) in [6.07, 6.45) is -5.58. The Kier molecular flexibility index (Phi) is 3.14. The van der Waals surface area contributed by atoms with Gasteiger partial charge in [0.25, 0.3) is 0 Å². The summed E-state index contributed by atoms with van der Waals surface area (Å²) in [4.78, 5) is 0. The van der Waals surface area contributed by atoms with Crippen molar-refractivity contribution in [3.8, 4) is 0 Å². The van der Waals surface area contributed by atoms with Crippen molar-refractivity contribution in [2.24, 2.45) is 0 Å². The minimum absolute atomic E-state index is 0.427. The van der Waals surface area contributed by atoms with E-state index in [9.17, 15) is 26.0 Å². The molecule has 0 aliphatic heterocycles. The minimum atomic E-state index is -5.58. The molecule has 3 nitrogen and oxygen atoms in total. The number of alkyl halides is 5. The van der Waals surface area contributed by atoms with Crippen molar-refractivity contribution in [3.05, 3.63) is 0 Å². The van der Waals surface area contributed by atoms with Gasteiger partial charge in [-0.2, -0.15) is 21.6 Å². The van der Waals surface area contributed by atoms with Gasteiger partial charge in [0.15, 0.2) is 0 Å². The second kappa shape index (κ2) is 3.11. The molecule has 1 unspecified atom stereocenters. The molecule has 0 aromatic heterocycles. The van der Waals surface area contributed by atoms with Crippen molar-refractivity contribution in [3.63, 3.8) is 0 Å². The lowest BCUT2D eigenvalue weighted by atomic mass is 10.7. The molecule has 0 bridgehead atoms. The highest BCUT2D eigenvalue weighted by Gasteiger charge is 2.64. The molecule has 0 saturated heterocycles. The molecule has 0 aromatic carbocycles. The average Bonchev–Trinajstić information content (AvgIpc) is 1.85. The van der Waals surface area contributed by atoms with Crippen LogP contribution in [-0.2, 0) is 14.3 Å². The van der Waals surface area contributed by atoms with Gasteiger partial charge in [-0.3, -0.25) is 4.18 Å². The Bertz CT molecular complexity index is 255. The first kappa shape index (κ1) is 12.1. The highest BCUT2D eigenvalue weighted by atomic mass is 79.9. The maximum atomic E-state index is 12.5. The first-order valence-electron chi connectivity index (χ1n) is 2.31. The molecule has 0 aliphatic rings. The van der Waals surface area contributed by atoms with Gasteiger partial charge in [-0.1, -0.05) is 0 Å². The first-order chi connectivity index (χ1) is 5.06. The van der Waals surface area contributed by atoms with Crippen LogP contribution >= 0.6 is 15.9 Å². The molecule has 0 aliphatic carbocycles. The van der Waals surface area contributed by atoms with Crippen LogP contribution in [0.5, 0.6) is 0 Å². The third-order valence-corrected chi connectivity index (χ3v) is 3.80. The average molecular weight is 275 g/mol. The molecule has 1 atom stereocenters. The van der Waals surface area contributed by atoms with Crippen LogP contribution in [0.2, 0.25) is 0 Å². The van der Waals surface area contributed by atoms with Crippen molar-refractivity contribution in [1.29, 1.82) is 0 Å². The molecule has 0 N–H and O–H groups in total. The summed E-state index contributed by atoms with van der Waals surface area (Å²) < 4.78 is 66.8. The van der Waals surface area contributed by atoms with Crippen LogP contribution in [0.15, 0.2) is 0 Å². The normalized spacial score (nSPS) is 18.8. The fraction of sp³-hybridized carbons (Fsp3) is 1.00. The van der Waals surface area contributed by atoms with E-state index >= 15 is 0 Å². The van der Waals surface area contributed by atoms with Gasteiger partial charge in [0.05, 0.1) is 7.11 Å². The van der Waals surface area contributed by atoms with E-state index in [4.69, 9.17) is 0 Å². The van der Waals surface area contributed by atoms with Gasteiger partial charge in [0.1, 0.15) is 0 Å². The third kappa shape index (κ3) is 1.88. The van der Waals surface area contributed by atoms with E-state index in [2.05, 4.69) is 4.18 Å². The van der Waals surface area contributed by atoms with Crippen LogP contribution < -0.4 is 0 Å². The predicted molar refractivity (Wildman–Crippen MR) is 34.7 cm³/mol. The molecular weight excluding hydrogens is 272 g/mol. The van der Waals surface area contributed by atoms with Crippen molar-refractivity contribution in [1.82, 2.24) is 0 Å². The van der Waals surface area contributed by atoms with Gasteiger partial charge in [0.2, 0.25) is 0 Å². The van der Waals surface area contributed by atoms with E-state index in [0.717, 1.165) is 0 Å². The Morgan fingerprint density at radius 2 is 1.58 bits per heavy atom. The second-order valence-electron chi connectivity index (χ2n) is 1.64. The van der Waals surface area contributed by atoms with Gasteiger partial charge in [0, 0.05) is 0 Å². The topological polar surface area (TPSA) is 43.4 Å². The van der Waals surface area contributed by atoms with Crippen LogP contribution in [0.4, 0.5) is 17.6 Å². The van der Waals surface area contributed by atoms with Gasteiger partial charge >= 0.3 is 20.2 Å². The summed E-state index contributed by atoms with van der Waals surface area (Å²) in [5.74, 6) is 0. The smallest absolute Gasteiger partial charge is 0.270 e. The molecule has 0 fully saturated rings. The summed E-state index contributed by atoms with van der Waals surface area (Å²) in [5.41, 5.74) is 0. The molecule has 0 rings (SSSR count). The molecule has 0 spiro atoms. The number of hydrogen-bond acceptors (Lipinski definition) is 3. The van der Waals surface area contributed by atoms with Gasteiger partial charge in [-0.15, -0.1) is 0 Å². The lowest BCUT2D eigenvalue weighted by Gasteiger charge is -2.19. The minimum Gasteiger partial charge on any atom is -0.270 e. The van der Waals surface area contributed by atoms with E-state index in [1.165, 1.54) is 15.9 Å². The zero-order valence-corrected chi connectivity index (χ0v) is 7.93. The van der Waals surface area contributed by atoms with E-state index in [1.54, 1.807) is 0 Å². The monoisotopic (exact) mass is 274 g/mol. The van der Waals surface area contributed by atoms with Crippen LogP contribution in [0.25, 0.3) is 0 Å². The quantitative estimate of drug-likeness (QED) is 0.436. The fourth-order valence-electron chi connectivity index (χ4n) is 0.246. The lowest BCUT2D eigenvalue weighted by Crippen LogP contribution is -2.42. The SMILES string of the molecule is COS(=O)(=O)C(F)(Br)C(F)(F)F. The fourth-order valence-corrected chi connectivity index (χ4v) is 1.14. The highest BCUT2D eigenvalue weighted by Crippen LogP contribution is 2.43. The summed E-state index contributed by atoms with van der Waals surface area (Å²) in [6.45, 7) is 0. The largest absolute Gasteiger partial charge is 0.450 e. The molecule has 0 saturated carbocycles.